The Morgan fingerprint density at radius 2 is 2.08 bits per heavy atom. The van der Waals surface area contributed by atoms with Gasteiger partial charge in [-0.15, -0.1) is 0 Å². The van der Waals surface area contributed by atoms with Crippen LogP contribution in [-0.4, -0.2) is 12.4 Å². The molecular formula is C8H8Cl2N2O. The lowest BCUT2D eigenvalue weighted by molar-refractivity contribution is 0.374. The van der Waals surface area contributed by atoms with Crippen molar-refractivity contribution in [3.8, 4) is 5.75 Å². The lowest BCUT2D eigenvalue weighted by Crippen LogP contribution is -2.19. The molecule has 0 heterocycles. The van der Waals surface area contributed by atoms with E-state index in [1.54, 1.807) is 18.2 Å². The van der Waals surface area contributed by atoms with Crippen molar-refractivity contribution in [1.82, 2.24) is 0 Å². The first-order valence-corrected chi connectivity index (χ1v) is 4.26. The smallest absolute Gasteiger partial charge is 0.145 e. The standard InChI is InChI=1S/C8H8Cl2N2O/c9-6-2-1-5(3-7(6)10)13-4-8(11)12/h1-3H,4H2,(H3,11,12). The first-order chi connectivity index (χ1) is 6.09. The quantitative estimate of drug-likeness (QED) is 0.605. The Hall–Kier alpha value is -0.930. The van der Waals surface area contributed by atoms with Crippen molar-refractivity contribution in [2.75, 3.05) is 6.61 Å². The highest BCUT2D eigenvalue weighted by atomic mass is 35.5. The zero-order chi connectivity index (χ0) is 9.84. The van der Waals surface area contributed by atoms with Crippen LogP contribution in [0.5, 0.6) is 5.75 Å². The average Bonchev–Trinajstić information content (AvgIpc) is 2.07. The molecule has 0 aliphatic heterocycles. The Labute approximate surface area is 85.9 Å². The minimum Gasteiger partial charge on any atom is -0.486 e. The predicted octanol–water partition coefficient (Wildman–Crippen LogP) is 2.31. The van der Waals surface area contributed by atoms with Gasteiger partial charge in [0.25, 0.3) is 0 Å². The van der Waals surface area contributed by atoms with Crippen LogP contribution >= 0.6 is 23.2 Å². The maximum atomic E-state index is 6.93. The number of benzene rings is 1. The fourth-order valence-corrected chi connectivity index (χ4v) is 1.02. The normalized spacial score (nSPS) is 9.69. The van der Waals surface area contributed by atoms with E-state index in [2.05, 4.69) is 0 Å². The van der Waals surface area contributed by atoms with Crippen molar-refractivity contribution in [2.24, 2.45) is 5.73 Å². The molecule has 0 atom stereocenters. The van der Waals surface area contributed by atoms with E-state index in [4.69, 9.17) is 39.1 Å². The Morgan fingerprint density at radius 3 is 2.62 bits per heavy atom. The molecular weight excluding hydrogens is 211 g/mol. The molecule has 3 N–H and O–H groups in total. The summed E-state index contributed by atoms with van der Waals surface area (Å²) in [6.45, 7) is 0.0535. The Balaban J connectivity index is 2.68. The van der Waals surface area contributed by atoms with Crippen LogP contribution < -0.4 is 10.5 Å². The number of rotatable bonds is 3. The van der Waals surface area contributed by atoms with Crippen molar-refractivity contribution in [1.29, 1.82) is 5.41 Å². The summed E-state index contributed by atoms with van der Waals surface area (Å²) in [5.41, 5.74) is 5.11. The van der Waals surface area contributed by atoms with Gasteiger partial charge in [-0.05, 0) is 12.1 Å². The lowest BCUT2D eigenvalue weighted by Gasteiger charge is -2.05. The van der Waals surface area contributed by atoms with Crippen molar-refractivity contribution >= 4 is 29.0 Å². The third kappa shape index (κ3) is 3.13. The molecule has 0 amide bonds. The van der Waals surface area contributed by atoms with Crippen molar-refractivity contribution in [3.05, 3.63) is 28.2 Å². The van der Waals surface area contributed by atoms with E-state index in [-0.39, 0.29) is 12.4 Å². The molecule has 70 valence electrons. The minimum absolute atomic E-state index is 0.0360. The second-order valence-corrected chi connectivity index (χ2v) is 3.20. The van der Waals surface area contributed by atoms with Gasteiger partial charge in [0.2, 0.25) is 0 Å². The van der Waals surface area contributed by atoms with Gasteiger partial charge in [-0.25, -0.2) is 0 Å². The van der Waals surface area contributed by atoms with Gasteiger partial charge in [-0.2, -0.15) is 0 Å². The summed E-state index contributed by atoms with van der Waals surface area (Å²) in [6, 6.07) is 4.86. The summed E-state index contributed by atoms with van der Waals surface area (Å²) >= 11 is 11.4. The van der Waals surface area contributed by atoms with Gasteiger partial charge in [0.05, 0.1) is 10.0 Å². The SMILES string of the molecule is N=C(N)COc1ccc(Cl)c(Cl)c1. The Bertz CT molecular complexity index is 328. The summed E-state index contributed by atoms with van der Waals surface area (Å²) in [7, 11) is 0. The molecule has 0 spiro atoms. The molecule has 1 aromatic carbocycles. The first kappa shape index (κ1) is 10.2. The second-order valence-electron chi connectivity index (χ2n) is 2.39. The molecule has 13 heavy (non-hydrogen) atoms. The molecule has 0 bridgehead atoms. The van der Waals surface area contributed by atoms with E-state index in [0.29, 0.717) is 15.8 Å². The van der Waals surface area contributed by atoms with Crippen LogP contribution in [0.3, 0.4) is 0 Å². The molecule has 0 saturated carbocycles. The zero-order valence-electron chi connectivity index (χ0n) is 6.68. The van der Waals surface area contributed by atoms with Crippen molar-refractivity contribution < 1.29 is 4.74 Å². The molecule has 5 heteroatoms. The minimum atomic E-state index is -0.0360. The van der Waals surface area contributed by atoms with Crippen LogP contribution in [0.2, 0.25) is 10.0 Å². The number of ether oxygens (including phenoxy) is 1. The summed E-state index contributed by atoms with van der Waals surface area (Å²) in [5, 5.41) is 7.82. The number of halogens is 2. The number of nitrogens with one attached hydrogen (secondary N) is 1. The van der Waals surface area contributed by atoms with Gasteiger partial charge in [0.15, 0.2) is 0 Å². The maximum Gasteiger partial charge on any atom is 0.145 e. The van der Waals surface area contributed by atoms with Crippen LogP contribution in [0.15, 0.2) is 18.2 Å². The molecule has 0 saturated heterocycles. The van der Waals surface area contributed by atoms with E-state index in [1.165, 1.54) is 0 Å². The van der Waals surface area contributed by atoms with Crippen LogP contribution in [-0.2, 0) is 0 Å². The molecule has 1 rings (SSSR count). The summed E-state index contributed by atoms with van der Waals surface area (Å²) in [5.74, 6) is 0.510. The van der Waals surface area contributed by atoms with Gasteiger partial charge < -0.3 is 10.5 Å². The van der Waals surface area contributed by atoms with Crippen molar-refractivity contribution in [2.45, 2.75) is 0 Å². The van der Waals surface area contributed by atoms with E-state index in [9.17, 15) is 0 Å². The molecule has 0 radical (unpaired) electrons. The largest absolute Gasteiger partial charge is 0.486 e. The van der Waals surface area contributed by atoms with E-state index in [1.807, 2.05) is 0 Å². The Kier molecular flexibility index (Phi) is 3.39. The monoisotopic (exact) mass is 218 g/mol. The molecule has 0 fully saturated rings. The van der Waals surface area contributed by atoms with E-state index < -0.39 is 0 Å². The van der Waals surface area contributed by atoms with E-state index >= 15 is 0 Å². The predicted molar refractivity (Wildman–Crippen MR) is 53.9 cm³/mol. The topological polar surface area (TPSA) is 59.1 Å². The molecule has 3 nitrogen and oxygen atoms in total. The van der Waals surface area contributed by atoms with Crippen LogP contribution in [0, 0.1) is 5.41 Å². The lowest BCUT2D eigenvalue weighted by atomic mass is 10.3. The van der Waals surface area contributed by atoms with Gasteiger partial charge >= 0.3 is 0 Å². The maximum absolute atomic E-state index is 6.93. The summed E-state index contributed by atoms with van der Waals surface area (Å²) in [6.07, 6.45) is 0. The highest BCUT2D eigenvalue weighted by Gasteiger charge is 2.00. The van der Waals surface area contributed by atoms with Crippen LogP contribution in [0.1, 0.15) is 0 Å². The summed E-state index contributed by atoms with van der Waals surface area (Å²) in [4.78, 5) is 0. The van der Waals surface area contributed by atoms with Gasteiger partial charge in [0.1, 0.15) is 18.2 Å². The third-order valence-electron chi connectivity index (χ3n) is 1.29. The Morgan fingerprint density at radius 1 is 1.38 bits per heavy atom. The first-order valence-electron chi connectivity index (χ1n) is 3.50. The van der Waals surface area contributed by atoms with Crippen molar-refractivity contribution in [3.63, 3.8) is 0 Å². The number of amidine groups is 1. The number of nitrogens with two attached hydrogens (primary N) is 1. The van der Waals surface area contributed by atoms with Gasteiger partial charge in [-0.3, -0.25) is 5.41 Å². The molecule has 0 aliphatic carbocycles. The fraction of sp³-hybridized carbons (Fsp3) is 0.125. The fourth-order valence-electron chi connectivity index (χ4n) is 0.728. The number of hydrogen-bond donors (Lipinski definition) is 2. The second kappa shape index (κ2) is 4.35. The molecule has 0 aromatic heterocycles. The third-order valence-corrected chi connectivity index (χ3v) is 2.02. The van der Waals surface area contributed by atoms with E-state index in [0.717, 1.165) is 0 Å². The molecule has 0 aliphatic rings. The summed E-state index contributed by atoms with van der Waals surface area (Å²) < 4.78 is 5.11. The molecule has 0 unspecified atom stereocenters. The zero-order valence-corrected chi connectivity index (χ0v) is 8.19. The number of hydrogen-bond acceptors (Lipinski definition) is 2. The highest BCUT2D eigenvalue weighted by Crippen LogP contribution is 2.26. The van der Waals surface area contributed by atoms with Crippen LogP contribution in [0.4, 0.5) is 0 Å². The van der Waals surface area contributed by atoms with Crippen LogP contribution in [0.25, 0.3) is 0 Å². The average molecular weight is 219 g/mol. The highest BCUT2D eigenvalue weighted by molar-refractivity contribution is 6.42. The van der Waals surface area contributed by atoms with Gasteiger partial charge in [0, 0.05) is 6.07 Å². The molecule has 1 aromatic rings. The van der Waals surface area contributed by atoms with Gasteiger partial charge in [-0.1, -0.05) is 23.2 Å².